The maximum atomic E-state index is 13.5. The van der Waals surface area contributed by atoms with Crippen LogP contribution in [0.15, 0.2) is 56.8 Å². The van der Waals surface area contributed by atoms with Crippen LogP contribution in [0.2, 0.25) is 0 Å². The second-order valence-electron chi connectivity index (χ2n) is 7.17. The Bertz CT molecular complexity index is 1480. The normalized spacial score (nSPS) is 15.4. The van der Waals surface area contributed by atoms with Crippen LogP contribution in [0.25, 0.3) is 6.08 Å². The Morgan fingerprint density at radius 2 is 2.15 bits per heavy atom. The van der Waals surface area contributed by atoms with Gasteiger partial charge in [0.25, 0.3) is 5.56 Å². The van der Waals surface area contributed by atoms with E-state index < -0.39 is 12.0 Å². The number of rotatable bonds is 7. The highest BCUT2D eigenvalue weighted by Gasteiger charge is 2.33. The Hall–Kier alpha value is -3.68. The first-order chi connectivity index (χ1) is 16.5. The minimum Gasteiger partial charge on any atom is -0.493 e. The van der Waals surface area contributed by atoms with Gasteiger partial charge in [-0.15, -0.1) is 11.3 Å². The molecular formula is C24H21N3O5S2. The predicted molar refractivity (Wildman–Crippen MR) is 129 cm³/mol. The van der Waals surface area contributed by atoms with E-state index in [1.54, 1.807) is 42.7 Å². The Labute approximate surface area is 203 Å². The molecule has 1 aromatic carbocycles. The molecule has 0 N–H and O–H groups in total. The number of benzene rings is 1. The highest BCUT2D eigenvalue weighted by atomic mass is 32.1. The summed E-state index contributed by atoms with van der Waals surface area (Å²) in [5.74, 6) is 0.415. The van der Waals surface area contributed by atoms with Crippen LogP contribution < -0.4 is 24.4 Å². The Kier molecular flexibility index (Phi) is 6.95. The number of allylic oxidation sites excluding steroid dienone is 1. The number of aromatic nitrogens is 1. The number of esters is 1. The lowest BCUT2D eigenvalue weighted by molar-refractivity contribution is -0.139. The molecule has 0 radical (unpaired) electrons. The molecule has 3 heterocycles. The molecule has 10 heteroatoms. The van der Waals surface area contributed by atoms with Gasteiger partial charge in [-0.05, 0) is 49.1 Å². The van der Waals surface area contributed by atoms with E-state index >= 15 is 0 Å². The number of thiazole rings is 1. The van der Waals surface area contributed by atoms with Crippen LogP contribution in [0.3, 0.4) is 0 Å². The molecule has 1 atom stereocenters. The number of nitriles is 1. The summed E-state index contributed by atoms with van der Waals surface area (Å²) in [5.41, 5.74) is 1.37. The summed E-state index contributed by atoms with van der Waals surface area (Å²) in [6.45, 7) is 3.63. The summed E-state index contributed by atoms with van der Waals surface area (Å²) >= 11 is 2.72. The Morgan fingerprint density at radius 3 is 2.82 bits per heavy atom. The van der Waals surface area contributed by atoms with Gasteiger partial charge in [-0.25, -0.2) is 9.79 Å². The molecule has 4 rings (SSSR count). The topological polar surface area (TPSA) is 103 Å². The second-order valence-corrected chi connectivity index (χ2v) is 9.16. The number of fused-ring (bicyclic) bond motifs is 1. The van der Waals surface area contributed by atoms with Gasteiger partial charge in [-0.2, -0.15) is 5.26 Å². The van der Waals surface area contributed by atoms with Gasteiger partial charge in [-0.3, -0.25) is 9.36 Å². The largest absolute Gasteiger partial charge is 0.493 e. The second kappa shape index (κ2) is 10.1. The lowest BCUT2D eigenvalue weighted by Gasteiger charge is -2.23. The molecule has 0 spiro atoms. The van der Waals surface area contributed by atoms with E-state index in [9.17, 15) is 9.59 Å². The van der Waals surface area contributed by atoms with E-state index in [0.717, 1.165) is 10.4 Å². The molecule has 0 fully saturated rings. The third-order valence-electron chi connectivity index (χ3n) is 5.11. The third kappa shape index (κ3) is 4.40. The molecule has 0 bridgehead atoms. The molecule has 1 aliphatic rings. The smallest absolute Gasteiger partial charge is 0.338 e. The van der Waals surface area contributed by atoms with Gasteiger partial charge in [-0.1, -0.05) is 23.5 Å². The molecule has 0 saturated carbocycles. The fourth-order valence-electron chi connectivity index (χ4n) is 3.66. The molecule has 0 amide bonds. The maximum Gasteiger partial charge on any atom is 0.338 e. The van der Waals surface area contributed by atoms with E-state index in [4.69, 9.17) is 19.5 Å². The minimum atomic E-state index is -0.603. The summed E-state index contributed by atoms with van der Waals surface area (Å²) in [6, 6.07) is 10.3. The quantitative estimate of drug-likeness (QED) is 0.467. The number of ether oxygens (including phenoxy) is 3. The van der Waals surface area contributed by atoms with Gasteiger partial charge in [0, 0.05) is 4.88 Å². The predicted octanol–water partition coefficient (Wildman–Crippen LogP) is 2.77. The van der Waals surface area contributed by atoms with Gasteiger partial charge in [0.05, 0.1) is 29.5 Å². The summed E-state index contributed by atoms with van der Waals surface area (Å²) < 4.78 is 18.0. The standard InChI is InChI=1S/C24H21N3O5S2/c1-4-31-23(29)20-14(2)26-24-27(21(20)18-6-5-11-33-18)22(28)19(34-24)13-15-7-8-16(32-10-9-25)17(12-15)30-3/h5-8,11-13,21H,4,10H2,1-3H3/b19-13-/t21-/m0/s1. The van der Waals surface area contributed by atoms with Crippen molar-refractivity contribution in [1.82, 2.24) is 4.57 Å². The van der Waals surface area contributed by atoms with Crippen LogP contribution in [0, 0.1) is 11.3 Å². The van der Waals surface area contributed by atoms with E-state index in [2.05, 4.69) is 4.99 Å². The van der Waals surface area contributed by atoms with Crippen molar-refractivity contribution in [1.29, 1.82) is 5.26 Å². The molecule has 2 aromatic heterocycles. The van der Waals surface area contributed by atoms with Crippen molar-refractivity contribution in [3.63, 3.8) is 0 Å². The van der Waals surface area contributed by atoms with E-state index in [0.29, 0.717) is 32.1 Å². The summed E-state index contributed by atoms with van der Waals surface area (Å²) in [5, 5.41) is 10.7. The van der Waals surface area contributed by atoms with Crippen molar-refractivity contribution in [2.24, 2.45) is 4.99 Å². The average Bonchev–Trinajstić information content (AvgIpc) is 3.46. The molecule has 3 aromatic rings. The van der Waals surface area contributed by atoms with Crippen molar-refractivity contribution in [2.45, 2.75) is 19.9 Å². The fourth-order valence-corrected chi connectivity index (χ4v) is 5.53. The molecule has 0 aliphatic carbocycles. The van der Waals surface area contributed by atoms with Crippen LogP contribution in [0.4, 0.5) is 0 Å². The fraction of sp³-hybridized carbons (Fsp3) is 0.250. The number of carbonyl (C=O) groups excluding carboxylic acids is 1. The molecule has 1 aliphatic heterocycles. The van der Waals surface area contributed by atoms with Crippen molar-refractivity contribution in [3.8, 4) is 17.6 Å². The average molecular weight is 496 g/mol. The molecular weight excluding hydrogens is 474 g/mol. The Morgan fingerprint density at radius 1 is 1.32 bits per heavy atom. The highest BCUT2D eigenvalue weighted by molar-refractivity contribution is 7.10. The van der Waals surface area contributed by atoms with Gasteiger partial charge in [0.1, 0.15) is 12.1 Å². The van der Waals surface area contributed by atoms with Crippen molar-refractivity contribution in [2.75, 3.05) is 20.3 Å². The SMILES string of the molecule is CCOC(=O)C1=C(C)N=c2s/c(=C\c3ccc(OCC#N)c(OC)c3)c(=O)n2[C@H]1c1cccs1. The first-order valence-corrected chi connectivity index (χ1v) is 12.1. The zero-order chi connectivity index (χ0) is 24.2. The minimum absolute atomic E-state index is 0.0980. The number of nitrogens with zero attached hydrogens (tertiary/aromatic N) is 3. The van der Waals surface area contributed by atoms with E-state index in [1.165, 1.54) is 29.8 Å². The zero-order valence-electron chi connectivity index (χ0n) is 18.7. The summed E-state index contributed by atoms with van der Waals surface area (Å²) in [4.78, 5) is 32.3. The van der Waals surface area contributed by atoms with Crippen molar-refractivity contribution < 1.29 is 19.0 Å². The zero-order valence-corrected chi connectivity index (χ0v) is 20.4. The van der Waals surface area contributed by atoms with Crippen LogP contribution >= 0.6 is 22.7 Å². The van der Waals surface area contributed by atoms with Gasteiger partial charge in [0.15, 0.2) is 22.9 Å². The van der Waals surface area contributed by atoms with Crippen LogP contribution in [-0.4, -0.2) is 30.9 Å². The van der Waals surface area contributed by atoms with Gasteiger partial charge in [0.2, 0.25) is 0 Å². The van der Waals surface area contributed by atoms with E-state index in [1.807, 2.05) is 23.6 Å². The first-order valence-electron chi connectivity index (χ1n) is 10.4. The molecule has 34 heavy (non-hydrogen) atoms. The van der Waals surface area contributed by atoms with Crippen molar-refractivity contribution in [3.05, 3.63) is 77.1 Å². The van der Waals surface area contributed by atoms with Gasteiger partial charge < -0.3 is 14.2 Å². The molecule has 0 saturated heterocycles. The molecule has 8 nitrogen and oxygen atoms in total. The molecule has 0 unspecified atom stereocenters. The summed E-state index contributed by atoms with van der Waals surface area (Å²) in [7, 11) is 1.51. The lowest BCUT2D eigenvalue weighted by atomic mass is 10.0. The summed E-state index contributed by atoms with van der Waals surface area (Å²) in [6.07, 6.45) is 1.75. The number of thiophene rings is 1. The Balaban J connectivity index is 1.85. The lowest BCUT2D eigenvalue weighted by Crippen LogP contribution is -2.39. The number of methoxy groups -OCH3 is 1. The number of carbonyl (C=O) groups is 1. The first kappa shape index (κ1) is 23.5. The van der Waals surface area contributed by atoms with Crippen LogP contribution in [0.5, 0.6) is 11.5 Å². The van der Waals surface area contributed by atoms with Crippen molar-refractivity contribution >= 4 is 34.7 Å². The van der Waals surface area contributed by atoms with Crippen LogP contribution in [-0.2, 0) is 9.53 Å². The van der Waals surface area contributed by atoms with E-state index in [-0.39, 0.29) is 18.8 Å². The third-order valence-corrected chi connectivity index (χ3v) is 7.02. The monoisotopic (exact) mass is 495 g/mol. The molecule has 174 valence electrons. The maximum absolute atomic E-state index is 13.5. The highest BCUT2D eigenvalue weighted by Crippen LogP contribution is 2.33. The number of hydrogen-bond donors (Lipinski definition) is 0. The van der Waals surface area contributed by atoms with Crippen LogP contribution in [0.1, 0.15) is 30.3 Å². The van der Waals surface area contributed by atoms with Gasteiger partial charge >= 0.3 is 5.97 Å². The number of hydrogen-bond acceptors (Lipinski definition) is 9.